The van der Waals surface area contributed by atoms with Crippen molar-refractivity contribution in [2.75, 3.05) is 11.5 Å². The normalized spacial score (nSPS) is 15.3. The molecule has 0 aliphatic carbocycles. The first-order valence-electron chi connectivity index (χ1n) is 25.0. The monoisotopic (exact) mass is 1180 g/mol. The van der Waals surface area contributed by atoms with E-state index in [0.29, 0.717) is 27.2 Å². The van der Waals surface area contributed by atoms with E-state index in [1.807, 2.05) is 152 Å². The maximum Gasteiger partial charge on any atom is 0.488 e. The highest BCUT2D eigenvalue weighted by Gasteiger charge is 2.63. The van der Waals surface area contributed by atoms with E-state index in [0.717, 1.165) is 65.8 Å². The second-order valence-corrected chi connectivity index (χ2v) is 21.7. The zero-order valence-electron chi connectivity index (χ0n) is 44.7. The third-order valence-corrected chi connectivity index (χ3v) is 14.4. The zero-order chi connectivity index (χ0) is 56.5. The summed E-state index contributed by atoms with van der Waals surface area (Å²) < 4.78 is 25.6. The Bertz CT molecular complexity index is 3630. The van der Waals surface area contributed by atoms with E-state index in [4.69, 9.17) is 40.1 Å². The van der Waals surface area contributed by atoms with Crippen LogP contribution < -0.4 is 16.9 Å². The number of nitrogens with zero attached hydrogens (tertiary/aromatic N) is 10. The number of aromatic nitrogens is 10. The first-order valence-corrected chi connectivity index (χ1v) is 26.6. The van der Waals surface area contributed by atoms with Gasteiger partial charge in [0, 0.05) is 58.3 Å². The van der Waals surface area contributed by atoms with Gasteiger partial charge in [0.1, 0.15) is 21.9 Å². The molecular formula is C56H57B3Br2N12O6. The van der Waals surface area contributed by atoms with Crippen LogP contribution in [0.1, 0.15) is 55.4 Å². The minimum atomic E-state index is -1.45. The van der Waals surface area contributed by atoms with E-state index in [9.17, 15) is 0 Å². The van der Waals surface area contributed by atoms with Crippen molar-refractivity contribution in [1.29, 1.82) is 0 Å². The number of hydrogen-bond acceptors (Lipinski definition) is 18. The maximum atomic E-state index is 8.89. The minimum Gasteiger partial charge on any atom is -0.423 e. The smallest absolute Gasteiger partial charge is 0.423 e. The van der Waals surface area contributed by atoms with Gasteiger partial charge < -0.3 is 40.1 Å². The molecule has 6 N–H and O–H groups in total. The molecule has 23 heteroatoms. The number of nitrogens with two attached hydrogens (primary N) is 2. The highest BCUT2D eigenvalue weighted by atomic mass is 79.9. The molecule has 0 unspecified atom stereocenters. The molecule has 10 aromatic rings. The van der Waals surface area contributed by atoms with Gasteiger partial charge in [0.15, 0.2) is 0 Å². The van der Waals surface area contributed by atoms with E-state index < -0.39 is 21.1 Å². The number of anilines is 2. The number of halogens is 2. The van der Waals surface area contributed by atoms with Gasteiger partial charge in [-0.25, -0.2) is 15.0 Å². The largest absolute Gasteiger partial charge is 0.488 e. The highest BCUT2D eigenvalue weighted by molar-refractivity contribution is 9.10. The van der Waals surface area contributed by atoms with Gasteiger partial charge in [-0.05, 0) is 119 Å². The van der Waals surface area contributed by atoms with Crippen molar-refractivity contribution in [2.24, 2.45) is 0 Å². The van der Waals surface area contributed by atoms with Crippen molar-refractivity contribution in [2.45, 2.75) is 77.8 Å². The van der Waals surface area contributed by atoms with Crippen LogP contribution in [0.5, 0.6) is 0 Å². The van der Waals surface area contributed by atoms with Crippen LogP contribution in [0.4, 0.5) is 11.6 Å². The lowest BCUT2D eigenvalue weighted by Crippen LogP contribution is -2.41. The van der Waals surface area contributed by atoms with Crippen LogP contribution in [-0.4, -0.2) is 103 Å². The molecule has 12 rings (SSSR count). The number of fused-ring (bicyclic) bond motifs is 3. The van der Waals surface area contributed by atoms with Crippen LogP contribution in [0.3, 0.4) is 0 Å². The summed E-state index contributed by atoms with van der Waals surface area (Å²) in [6, 6.07) is 36.3. The summed E-state index contributed by atoms with van der Waals surface area (Å²) in [5.74, 6) is 0.820. The molecule has 2 saturated heterocycles. The fourth-order valence-corrected chi connectivity index (χ4v) is 8.54. The molecule has 0 saturated carbocycles. The second-order valence-electron chi connectivity index (χ2n) is 20.0. The van der Waals surface area contributed by atoms with Crippen LogP contribution in [0.2, 0.25) is 0 Å². The predicted octanol–water partition coefficient (Wildman–Crippen LogP) is 9.78. The minimum absolute atomic E-state index is 0.360. The van der Waals surface area contributed by atoms with Gasteiger partial charge in [0.05, 0.1) is 79.3 Å². The fourth-order valence-electron chi connectivity index (χ4n) is 7.77. The Morgan fingerprint density at radius 1 is 0.418 bits per heavy atom. The van der Waals surface area contributed by atoms with Crippen LogP contribution in [0.15, 0.2) is 174 Å². The van der Waals surface area contributed by atoms with Crippen molar-refractivity contribution < 1.29 is 28.7 Å². The molecule has 2 aliphatic heterocycles. The van der Waals surface area contributed by atoms with Crippen LogP contribution in [-0.2, 0) is 18.6 Å². The summed E-state index contributed by atoms with van der Waals surface area (Å²) in [4.78, 5) is 42.3. The Balaban J connectivity index is 0.000000133. The Kier molecular flexibility index (Phi) is 18.2. The van der Waals surface area contributed by atoms with Gasteiger partial charge in [-0.15, -0.1) is 0 Å². The Morgan fingerprint density at radius 3 is 1.29 bits per heavy atom. The van der Waals surface area contributed by atoms with E-state index in [1.54, 1.807) is 61.6 Å². The maximum absolute atomic E-state index is 8.89. The summed E-state index contributed by atoms with van der Waals surface area (Å²) >= 11 is 6.70. The van der Waals surface area contributed by atoms with Gasteiger partial charge >= 0.3 is 21.1 Å². The lowest BCUT2D eigenvalue weighted by Gasteiger charge is -2.32. The molecule has 5 aromatic carbocycles. The summed E-state index contributed by atoms with van der Waals surface area (Å²) in [6.45, 7) is 16.2. The predicted molar refractivity (Wildman–Crippen MR) is 319 cm³/mol. The molecule has 2 fully saturated rings. The van der Waals surface area contributed by atoms with Gasteiger partial charge in [0.25, 0.3) is 0 Å². The number of nitrogen functional groups attached to an aromatic ring is 2. The quantitative estimate of drug-likeness (QED) is 0.117. The Labute approximate surface area is 476 Å². The van der Waals surface area contributed by atoms with Crippen molar-refractivity contribution in [3.8, 4) is 33.8 Å². The topological polar surface area (TPSA) is 258 Å². The molecule has 0 spiro atoms. The number of rotatable bonds is 5. The van der Waals surface area contributed by atoms with E-state index in [1.165, 1.54) is 6.20 Å². The van der Waals surface area contributed by atoms with Crippen molar-refractivity contribution in [3.63, 3.8) is 0 Å². The zero-order valence-corrected chi connectivity index (χ0v) is 47.9. The highest BCUT2D eigenvalue weighted by Crippen LogP contribution is 2.43. The van der Waals surface area contributed by atoms with Gasteiger partial charge in [-0.2, -0.15) is 0 Å². The first-order chi connectivity index (χ1) is 37.6. The van der Waals surface area contributed by atoms with Crippen LogP contribution in [0, 0.1) is 0 Å². The summed E-state index contributed by atoms with van der Waals surface area (Å²) in [5, 5.41) is 17.8. The molecule has 0 amide bonds. The third kappa shape index (κ3) is 14.4. The number of hydrogen-bond donors (Lipinski definition) is 4. The van der Waals surface area contributed by atoms with Crippen LogP contribution in [0.25, 0.3) is 66.9 Å². The van der Waals surface area contributed by atoms with E-state index in [-0.39, 0.29) is 22.4 Å². The first kappa shape index (κ1) is 58.0. The molecule has 0 atom stereocenters. The van der Waals surface area contributed by atoms with Gasteiger partial charge in [-0.1, -0.05) is 88.7 Å². The van der Waals surface area contributed by atoms with Crippen molar-refractivity contribution >= 4 is 103 Å². The molecule has 0 bridgehead atoms. The van der Waals surface area contributed by atoms with E-state index >= 15 is 0 Å². The molecular weight excluding hydrogens is 1130 g/mol. The molecule has 2 aliphatic rings. The summed E-state index contributed by atoms with van der Waals surface area (Å²) in [7, 11) is -2.40. The molecule has 18 nitrogen and oxygen atoms in total. The molecule has 79 heavy (non-hydrogen) atoms. The van der Waals surface area contributed by atoms with Crippen LogP contribution >= 0.6 is 31.9 Å². The Morgan fingerprint density at radius 2 is 0.810 bits per heavy atom. The average molecular weight is 1190 g/mol. The average Bonchev–Trinajstić information content (AvgIpc) is 3.86. The lowest BCUT2D eigenvalue weighted by molar-refractivity contribution is 0.00578. The molecule has 400 valence electrons. The molecule has 0 radical (unpaired) electrons. The van der Waals surface area contributed by atoms with Gasteiger partial charge in [0.2, 0.25) is 0 Å². The lowest BCUT2D eigenvalue weighted by atomic mass is 9.49. The SMILES string of the molecule is Brc1ccc2nccnc2c1.CC1(C)OB(B2OC(C)(C)C(C)(C)O2)OC1(C)C.Nc1cnc(-c2ccc3nccnc3c2)c(-c2ccccc2)n1.Nc1cnc(Br)c(-c2ccccc2)n1.OB(O)c1ccc2nccnc2c1. The fraction of sp³-hybridized carbons (Fsp3) is 0.214. The third-order valence-electron chi connectivity index (χ3n) is 13.4. The van der Waals surface area contributed by atoms with Crippen molar-refractivity contribution in [1.82, 2.24) is 49.8 Å². The Hall–Kier alpha value is -7.21. The van der Waals surface area contributed by atoms with Gasteiger partial charge in [-0.3, -0.25) is 34.9 Å². The summed E-state index contributed by atoms with van der Waals surface area (Å²) in [6.07, 6.45) is 13.0. The second kappa shape index (κ2) is 24.9. The van der Waals surface area contributed by atoms with Crippen molar-refractivity contribution in [3.05, 3.63) is 174 Å². The standard InChI is InChI=1S/C18H13N5.C12H24B2O4.C10H8BrN3.C8H7BN2O2.C8H5BrN2/c19-16-11-22-17(18(23-16)12-4-2-1-3-5-12)13-6-7-14-15(10-13)21-9-8-20-14;1-9(2)10(3,4)16-13(15-9)14-17-11(5,6)12(7,8)18-14;11-10-9(14-8(12)6-13-10)7-4-2-1-3-5-7;12-9(13)6-1-2-7-8(5-6)11-4-3-10-7;9-6-1-2-7-8(5-6)11-4-3-10-7/h1-11H,(H2,19,23);1-8H3;1-6H,(H2,12,14);1-5,12-13H;1-5H. The van der Waals surface area contributed by atoms with E-state index in [2.05, 4.69) is 81.7 Å². The summed E-state index contributed by atoms with van der Waals surface area (Å²) in [5.41, 5.74) is 20.5. The number of benzene rings is 5. The molecule has 7 heterocycles. The molecule has 5 aromatic heterocycles.